The van der Waals surface area contributed by atoms with Gasteiger partial charge in [-0.15, -0.1) is 5.06 Å². The highest BCUT2D eigenvalue weighted by Crippen LogP contribution is 2.34. The number of benzene rings is 3. The predicted molar refractivity (Wildman–Crippen MR) is 103 cm³/mol. The Morgan fingerprint density at radius 1 is 0.923 bits per heavy atom. The van der Waals surface area contributed by atoms with Crippen LogP contribution in [0, 0.1) is 0 Å². The third kappa shape index (κ3) is 3.46. The molecule has 0 amide bonds. The molecule has 3 aromatic carbocycles. The van der Waals surface area contributed by atoms with Gasteiger partial charge in [-0.3, -0.25) is 0 Å². The average molecular weight is 349 g/mol. The molecule has 1 N–H and O–H groups in total. The SMILES string of the molecule is COc1cccc(ON2CCC(c3cc(O)c4ccccc4c3)CC2)c1. The second kappa shape index (κ2) is 7.26. The number of rotatable bonds is 4. The molecule has 0 unspecified atom stereocenters. The zero-order valence-corrected chi connectivity index (χ0v) is 14.9. The number of ether oxygens (including phenoxy) is 1. The highest BCUT2D eigenvalue weighted by Gasteiger charge is 2.22. The summed E-state index contributed by atoms with van der Waals surface area (Å²) in [5, 5.41) is 14.3. The number of hydroxylamine groups is 2. The van der Waals surface area contributed by atoms with E-state index in [1.165, 1.54) is 5.56 Å². The van der Waals surface area contributed by atoms with Gasteiger partial charge in [-0.25, -0.2) is 0 Å². The lowest BCUT2D eigenvalue weighted by atomic mass is 9.88. The normalized spacial score (nSPS) is 15.9. The van der Waals surface area contributed by atoms with E-state index in [0.717, 1.165) is 48.2 Å². The van der Waals surface area contributed by atoms with E-state index in [1.807, 2.05) is 53.6 Å². The van der Waals surface area contributed by atoms with Crippen LogP contribution < -0.4 is 9.57 Å². The van der Waals surface area contributed by atoms with Crippen LogP contribution in [0.2, 0.25) is 0 Å². The van der Waals surface area contributed by atoms with Crippen molar-refractivity contribution in [3.8, 4) is 17.2 Å². The summed E-state index contributed by atoms with van der Waals surface area (Å²) in [5.74, 6) is 2.40. The number of hydrogen-bond donors (Lipinski definition) is 1. The number of phenolic OH excluding ortho intramolecular Hbond substituents is 1. The second-order valence-corrected chi connectivity index (χ2v) is 6.73. The van der Waals surface area contributed by atoms with Crippen molar-refractivity contribution in [3.05, 3.63) is 66.2 Å². The van der Waals surface area contributed by atoms with E-state index in [-0.39, 0.29) is 0 Å². The van der Waals surface area contributed by atoms with Crippen LogP contribution in [0.5, 0.6) is 17.2 Å². The minimum Gasteiger partial charge on any atom is -0.507 e. The van der Waals surface area contributed by atoms with Crippen molar-refractivity contribution >= 4 is 10.8 Å². The van der Waals surface area contributed by atoms with Gasteiger partial charge < -0.3 is 14.7 Å². The Labute approximate surface area is 153 Å². The summed E-state index contributed by atoms with van der Waals surface area (Å²) in [6.07, 6.45) is 2.00. The van der Waals surface area contributed by atoms with Gasteiger partial charge in [0.25, 0.3) is 0 Å². The highest BCUT2D eigenvalue weighted by molar-refractivity contribution is 5.88. The maximum atomic E-state index is 10.3. The van der Waals surface area contributed by atoms with Gasteiger partial charge in [0.2, 0.25) is 0 Å². The highest BCUT2D eigenvalue weighted by atomic mass is 16.7. The summed E-state index contributed by atoms with van der Waals surface area (Å²) in [5.41, 5.74) is 1.21. The Morgan fingerprint density at radius 3 is 2.50 bits per heavy atom. The van der Waals surface area contributed by atoms with E-state index in [4.69, 9.17) is 9.57 Å². The Kier molecular flexibility index (Phi) is 4.67. The first kappa shape index (κ1) is 16.7. The van der Waals surface area contributed by atoms with Crippen molar-refractivity contribution in [2.75, 3.05) is 20.2 Å². The average Bonchev–Trinajstić information content (AvgIpc) is 2.69. The van der Waals surface area contributed by atoms with Gasteiger partial charge in [0.15, 0.2) is 5.75 Å². The van der Waals surface area contributed by atoms with Crippen LogP contribution in [0.1, 0.15) is 24.3 Å². The quantitative estimate of drug-likeness (QED) is 0.739. The van der Waals surface area contributed by atoms with Crippen LogP contribution >= 0.6 is 0 Å². The maximum absolute atomic E-state index is 10.3. The lowest BCUT2D eigenvalue weighted by molar-refractivity contribution is -0.0757. The van der Waals surface area contributed by atoms with Gasteiger partial charge in [-0.1, -0.05) is 36.4 Å². The van der Waals surface area contributed by atoms with Crippen LogP contribution in [-0.2, 0) is 0 Å². The lowest BCUT2D eigenvalue weighted by Crippen LogP contribution is -2.35. The third-order valence-electron chi connectivity index (χ3n) is 5.06. The van der Waals surface area contributed by atoms with Crippen LogP contribution in [0.4, 0.5) is 0 Å². The molecule has 0 radical (unpaired) electrons. The summed E-state index contributed by atoms with van der Waals surface area (Å²) >= 11 is 0. The lowest BCUT2D eigenvalue weighted by Gasteiger charge is -2.31. The molecule has 3 aromatic rings. The fourth-order valence-electron chi connectivity index (χ4n) is 3.64. The van der Waals surface area contributed by atoms with E-state index in [2.05, 4.69) is 12.1 Å². The number of fused-ring (bicyclic) bond motifs is 1. The smallest absolute Gasteiger partial charge is 0.151 e. The molecule has 1 fully saturated rings. The summed E-state index contributed by atoms with van der Waals surface area (Å²) < 4.78 is 5.24. The van der Waals surface area contributed by atoms with Crippen LogP contribution in [0.15, 0.2) is 60.7 Å². The van der Waals surface area contributed by atoms with Crippen molar-refractivity contribution in [1.29, 1.82) is 0 Å². The van der Waals surface area contributed by atoms with Crippen LogP contribution in [0.3, 0.4) is 0 Å². The predicted octanol–water partition coefficient (Wildman–Crippen LogP) is 4.73. The Bertz CT molecular complexity index is 901. The first-order chi connectivity index (χ1) is 12.7. The topological polar surface area (TPSA) is 41.9 Å². The van der Waals surface area contributed by atoms with Crippen molar-refractivity contribution in [2.45, 2.75) is 18.8 Å². The molecule has 1 aliphatic rings. The van der Waals surface area contributed by atoms with Gasteiger partial charge in [0.05, 0.1) is 7.11 Å². The Hall–Kier alpha value is -2.72. The molecular weight excluding hydrogens is 326 g/mol. The number of hydrogen-bond acceptors (Lipinski definition) is 4. The summed E-state index contributed by atoms with van der Waals surface area (Å²) in [7, 11) is 1.66. The van der Waals surface area contributed by atoms with E-state index in [1.54, 1.807) is 7.11 Å². The molecule has 0 atom stereocenters. The van der Waals surface area contributed by atoms with Crippen LogP contribution in [-0.4, -0.2) is 30.4 Å². The molecule has 0 aromatic heterocycles. The number of phenols is 1. The first-order valence-corrected chi connectivity index (χ1v) is 9.01. The molecule has 1 heterocycles. The Morgan fingerprint density at radius 2 is 1.69 bits per heavy atom. The maximum Gasteiger partial charge on any atom is 0.151 e. The van der Waals surface area contributed by atoms with Gasteiger partial charge >= 0.3 is 0 Å². The van der Waals surface area contributed by atoms with Crippen molar-refractivity contribution in [3.63, 3.8) is 0 Å². The zero-order valence-electron chi connectivity index (χ0n) is 14.9. The van der Waals surface area contributed by atoms with Crippen molar-refractivity contribution < 1.29 is 14.7 Å². The van der Waals surface area contributed by atoms with Gasteiger partial charge in [0, 0.05) is 24.5 Å². The molecule has 1 saturated heterocycles. The molecule has 0 aliphatic carbocycles. The fraction of sp³-hybridized carbons (Fsp3) is 0.273. The minimum atomic E-state index is 0.369. The largest absolute Gasteiger partial charge is 0.507 e. The van der Waals surface area contributed by atoms with E-state index < -0.39 is 0 Å². The number of piperidine rings is 1. The molecular formula is C22H23NO3. The molecule has 0 saturated carbocycles. The summed E-state index contributed by atoms with van der Waals surface area (Å²) in [6, 6.07) is 19.8. The van der Waals surface area contributed by atoms with E-state index >= 15 is 0 Å². The molecule has 4 rings (SSSR count). The molecule has 4 heteroatoms. The number of aromatic hydroxyl groups is 1. The van der Waals surface area contributed by atoms with Gasteiger partial charge in [0.1, 0.15) is 11.5 Å². The molecule has 0 bridgehead atoms. The first-order valence-electron chi connectivity index (χ1n) is 9.01. The monoisotopic (exact) mass is 349 g/mol. The number of nitrogens with zero attached hydrogens (tertiary/aromatic N) is 1. The second-order valence-electron chi connectivity index (χ2n) is 6.73. The minimum absolute atomic E-state index is 0.369. The standard InChI is InChI=1S/C22H23NO3/c1-25-19-6-4-7-20(15-19)26-23-11-9-16(10-12-23)18-13-17-5-2-3-8-21(17)22(24)14-18/h2-8,13-16,24H,9-12H2,1H3. The van der Waals surface area contributed by atoms with Crippen LogP contribution in [0.25, 0.3) is 10.8 Å². The molecule has 26 heavy (non-hydrogen) atoms. The molecule has 0 spiro atoms. The van der Waals surface area contributed by atoms with Crippen molar-refractivity contribution in [1.82, 2.24) is 5.06 Å². The van der Waals surface area contributed by atoms with Gasteiger partial charge in [-0.05, 0) is 47.9 Å². The zero-order chi connectivity index (χ0) is 17.9. The van der Waals surface area contributed by atoms with Gasteiger partial charge in [-0.2, -0.15) is 0 Å². The Balaban J connectivity index is 1.43. The van der Waals surface area contributed by atoms with E-state index in [9.17, 15) is 5.11 Å². The summed E-state index contributed by atoms with van der Waals surface area (Å²) in [4.78, 5) is 5.98. The third-order valence-corrected chi connectivity index (χ3v) is 5.06. The fourth-order valence-corrected chi connectivity index (χ4v) is 3.64. The number of methoxy groups -OCH3 is 1. The van der Waals surface area contributed by atoms with E-state index in [0.29, 0.717) is 11.7 Å². The summed E-state index contributed by atoms with van der Waals surface area (Å²) in [6.45, 7) is 1.71. The molecule has 1 aliphatic heterocycles. The molecule has 134 valence electrons. The van der Waals surface area contributed by atoms with Crippen molar-refractivity contribution in [2.24, 2.45) is 0 Å². The molecule has 4 nitrogen and oxygen atoms in total.